The van der Waals surface area contributed by atoms with E-state index in [1.165, 1.54) is 16.7 Å². The molecule has 0 fully saturated rings. The van der Waals surface area contributed by atoms with E-state index in [9.17, 15) is 14.0 Å². The fourth-order valence-corrected chi connectivity index (χ4v) is 3.41. The highest BCUT2D eigenvalue weighted by Crippen LogP contribution is 2.29. The van der Waals surface area contributed by atoms with Crippen molar-refractivity contribution in [1.29, 1.82) is 0 Å². The molecule has 1 heterocycles. The van der Waals surface area contributed by atoms with Crippen molar-refractivity contribution in [2.75, 3.05) is 6.61 Å². The lowest BCUT2D eigenvalue weighted by atomic mass is 9.99. The van der Waals surface area contributed by atoms with Crippen LogP contribution < -0.4 is 16.0 Å². The summed E-state index contributed by atoms with van der Waals surface area (Å²) in [7, 11) is 1.62. The van der Waals surface area contributed by atoms with Gasteiger partial charge in [-0.3, -0.25) is 13.9 Å². The summed E-state index contributed by atoms with van der Waals surface area (Å²) >= 11 is 0. The molecule has 3 aromatic rings. The zero-order chi connectivity index (χ0) is 21.1. The Hall–Kier alpha value is -2.93. The zero-order valence-electron chi connectivity index (χ0n) is 16.8. The summed E-state index contributed by atoms with van der Waals surface area (Å²) < 4.78 is 21.8. The van der Waals surface area contributed by atoms with Gasteiger partial charge < -0.3 is 9.84 Å². The Morgan fingerprint density at radius 1 is 1.10 bits per heavy atom. The van der Waals surface area contributed by atoms with Crippen LogP contribution in [-0.2, 0) is 20.0 Å². The first-order valence-corrected chi connectivity index (χ1v) is 9.61. The maximum atomic E-state index is 13.3. The lowest BCUT2D eigenvalue weighted by Gasteiger charge is -2.18. The molecule has 0 aliphatic carbocycles. The maximum absolute atomic E-state index is 13.3. The molecule has 0 atom stereocenters. The molecular formula is C22H25FN2O4. The van der Waals surface area contributed by atoms with E-state index in [4.69, 9.17) is 9.84 Å². The number of aliphatic hydroxyl groups excluding tert-OH is 1. The number of aryl methyl sites for hydroxylation is 1. The minimum atomic E-state index is -0.429. The van der Waals surface area contributed by atoms with E-state index in [0.717, 1.165) is 10.1 Å². The van der Waals surface area contributed by atoms with E-state index in [2.05, 4.69) is 0 Å². The van der Waals surface area contributed by atoms with Crippen LogP contribution in [0.4, 0.5) is 4.39 Å². The molecule has 0 unspecified atom stereocenters. The average Bonchev–Trinajstić information content (AvgIpc) is 2.68. The van der Waals surface area contributed by atoms with Crippen LogP contribution in [0, 0.1) is 5.82 Å². The maximum Gasteiger partial charge on any atom is 0.331 e. The van der Waals surface area contributed by atoms with Crippen molar-refractivity contribution < 1.29 is 14.2 Å². The summed E-state index contributed by atoms with van der Waals surface area (Å²) in [5.41, 5.74) is 1.14. The molecule has 0 aliphatic rings. The lowest BCUT2D eigenvalue weighted by molar-refractivity contribution is 0.240. The van der Waals surface area contributed by atoms with Gasteiger partial charge in [-0.1, -0.05) is 12.1 Å². The Labute approximate surface area is 167 Å². The molecule has 7 heteroatoms. The van der Waals surface area contributed by atoms with Crippen LogP contribution in [-0.4, -0.2) is 27.0 Å². The smallest absolute Gasteiger partial charge is 0.331 e. The van der Waals surface area contributed by atoms with Gasteiger partial charge in [0, 0.05) is 32.2 Å². The van der Waals surface area contributed by atoms with Crippen LogP contribution in [0.2, 0.25) is 0 Å². The quantitative estimate of drug-likeness (QED) is 0.662. The Bertz CT molecular complexity index is 1130. The molecule has 154 valence electrons. The molecule has 1 N–H and O–H groups in total. The third-order valence-corrected chi connectivity index (χ3v) is 4.78. The first-order chi connectivity index (χ1) is 13.8. The summed E-state index contributed by atoms with van der Waals surface area (Å²) in [6, 6.07) is 9.55. The van der Waals surface area contributed by atoms with Crippen LogP contribution in [0.25, 0.3) is 10.9 Å². The van der Waals surface area contributed by atoms with E-state index in [1.807, 2.05) is 13.8 Å². The molecule has 0 bridgehead atoms. The van der Waals surface area contributed by atoms with Crippen molar-refractivity contribution in [1.82, 2.24) is 9.13 Å². The van der Waals surface area contributed by atoms with E-state index < -0.39 is 11.2 Å². The molecule has 0 spiro atoms. The predicted octanol–water partition coefficient (Wildman–Crippen LogP) is 2.60. The lowest BCUT2D eigenvalue weighted by Crippen LogP contribution is -2.39. The number of halogens is 1. The van der Waals surface area contributed by atoms with Crippen LogP contribution in [0.3, 0.4) is 0 Å². The molecule has 0 saturated heterocycles. The van der Waals surface area contributed by atoms with Crippen molar-refractivity contribution in [2.24, 2.45) is 7.05 Å². The van der Waals surface area contributed by atoms with E-state index in [-0.39, 0.29) is 25.1 Å². The second-order valence-electron chi connectivity index (χ2n) is 7.28. The van der Waals surface area contributed by atoms with Crippen molar-refractivity contribution in [3.05, 3.63) is 74.2 Å². The first kappa shape index (κ1) is 20.8. The highest BCUT2D eigenvalue weighted by Gasteiger charge is 2.19. The van der Waals surface area contributed by atoms with Crippen LogP contribution in [0.15, 0.2) is 46.0 Å². The molecule has 1 aromatic heterocycles. The van der Waals surface area contributed by atoms with Gasteiger partial charge in [0.2, 0.25) is 0 Å². The van der Waals surface area contributed by atoms with Gasteiger partial charge in [-0.15, -0.1) is 0 Å². The number of ether oxygens (including phenoxy) is 1. The van der Waals surface area contributed by atoms with E-state index >= 15 is 0 Å². The second kappa shape index (κ2) is 8.61. The molecule has 29 heavy (non-hydrogen) atoms. The monoisotopic (exact) mass is 400 g/mol. The number of hydrogen-bond acceptors (Lipinski definition) is 4. The molecule has 0 amide bonds. The van der Waals surface area contributed by atoms with Crippen LogP contribution in [0.1, 0.15) is 31.4 Å². The molecule has 3 rings (SSSR count). The van der Waals surface area contributed by atoms with E-state index in [1.54, 1.807) is 31.3 Å². The number of aromatic nitrogens is 2. The molecule has 2 aromatic carbocycles. The second-order valence-corrected chi connectivity index (χ2v) is 7.28. The van der Waals surface area contributed by atoms with Gasteiger partial charge in [0.1, 0.15) is 11.6 Å². The van der Waals surface area contributed by atoms with Crippen molar-refractivity contribution in [2.45, 2.75) is 39.3 Å². The summed E-state index contributed by atoms with van der Waals surface area (Å²) in [6.07, 6.45) is 0.548. The van der Waals surface area contributed by atoms with Crippen LogP contribution >= 0.6 is 0 Å². The SMILES string of the molecule is CC(C)Oc1ccc2c(c1Cc1ccc(F)cc1)c(=O)n(CCCO)c(=O)n2C. The Kier molecular flexibility index (Phi) is 6.17. The van der Waals surface area contributed by atoms with Gasteiger partial charge in [0.15, 0.2) is 0 Å². The third-order valence-electron chi connectivity index (χ3n) is 4.78. The van der Waals surface area contributed by atoms with Gasteiger partial charge in [-0.2, -0.15) is 0 Å². The normalized spacial score (nSPS) is 11.4. The summed E-state index contributed by atoms with van der Waals surface area (Å²) in [6.45, 7) is 3.80. The van der Waals surface area contributed by atoms with Gasteiger partial charge in [-0.05, 0) is 50.1 Å². The Balaban J connectivity index is 2.30. The topological polar surface area (TPSA) is 73.5 Å². The van der Waals surface area contributed by atoms with Gasteiger partial charge in [-0.25, -0.2) is 9.18 Å². The van der Waals surface area contributed by atoms with Crippen LogP contribution in [0.5, 0.6) is 5.75 Å². The number of aliphatic hydroxyl groups is 1. The highest BCUT2D eigenvalue weighted by atomic mass is 19.1. The van der Waals surface area contributed by atoms with Gasteiger partial charge in [0.25, 0.3) is 5.56 Å². The molecule has 0 radical (unpaired) electrons. The minimum Gasteiger partial charge on any atom is -0.491 e. The number of rotatable bonds is 7. The number of nitrogens with zero attached hydrogens (tertiary/aromatic N) is 2. The fourth-order valence-electron chi connectivity index (χ4n) is 3.41. The average molecular weight is 400 g/mol. The van der Waals surface area contributed by atoms with Gasteiger partial charge >= 0.3 is 5.69 Å². The minimum absolute atomic E-state index is 0.108. The van der Waals surface area contributed by atoms with E-state index in [0.29, 0.717) is 35.1 Å². The van der Waals surface area contributed by atoms with Crippen molar-refractivity contribution in [3.8, 4) is 5.75 Å². The predicted molar refractivity (Wildman–Crippen MR) is 110 cm³/mol. The summed E-state index contributed by atoms with van der Waals surface area (Å²) in [4.78, 5) is 25.9. The summed E-state index contributed by atoms with van der Waals surface area (Å²) in [5, 5.41) is 9.53. The van der Waals surface area contributed by atoms with Crippen molar-refractivity contribution >= 4 is 10.9 Å². The number of hydrogen-bond donors (Lipinski definition) is 1. The van der Waals surface area contributed by atoms with Gasteiger partial charge in [0.05, 0.1) is 17.0 Å². The molecule has 0 aliphatic heterocycles. The number of fused-ring (bicyclic) bond motifs is 1. The number of benzene rings is 2. The standard InChI is InChI=1S/C22H25FN2O4/c1-14(2)29-19-10-9-18-20(17(19)13-15-5-7-16(23)8-6-15)21(27)25(11-4-12-26)22(28)24(18)3/h5-10,14,26H,4,11-13H2,1-3H3. The Morgan fingerprint density at radius 2 is 1.79 bits per heavy atom. The first-order valence-electron chi connectivity index (χ1n) is 9.61. The largest absolute Gasteiger partial charge is 0.491 e. The summed E-state index contributed by atoms with van der Waals surface area (Å²) in [5.74, 6) is 0.223. The third kappa shape index (κ3) is 4.24. The zero-order valence-corrected chi connectivity index (χ0v) is 16.8. The fraction of sp³-hybridized carbons (Fsp3) is 0.364. The molecular weight excluding hydrogens is 375 g/mol. The van der Waals surface area contributed by atoms with Crippen molar-refractivity contribution in [3.63, 3.8) is 0 Å². The molecule has 0 saturated carbocycles. The highest BCUT2D eigenvalue weighted by molar-refractivity contribution is 5.84. The Morgan fingerprint density at radius 3 is 2.41 bits per heavy atom. The molecule has 6 nitrogen and oxygen atoms in total.